The molecule has 2 rings (SSSR count). The standard InChI is InChI=1S/C15H19ClN2O2/c1-9(11-5-7-12(16)8-6-11)18-10(2)13(19)17-15(3,4)14(18)20/h5-10H,1-4H3,(H,17,19). The molecule has 1 aliphatic heterocycles. The molecule has 1 aromatic carbocycles. The summed E-state index contributed by atoms with van der Waals surface area (Å²) in [5.74, 6) is -0.206. The van der Waals surface area contributed by atoms with Crippen molar-refractivity contribution in [3.05, 3.63) is 34.9 Å². The molecule has 0 spiro atoms. The van der Waals surface area contributed by atoms with Crippen molar-refractivity contribution in [2.24, 2.45) is 0 Å². The second-order valence-corrected chi connectivity index (χ2v) is 6.17. The van der Waals surface area contributed by atoms with Gasteiger partial charge in [-0.1, -0.05) is 23.7 Å². The molecule has 2 amide bonds. The predicted octanol–water partition coefficient (Wildman–Crippen LogP) is 2.53. The fourth-order valence-corrected chi connectivity index (χ4v) is 2.63. The summed E-state index contributed by atoms with van der Waals surface area (Å²) in [6.07, 6.45) is 0. The second kappa shape index (κ2) is 5.09. The van der Waals surface area contributed by atoms with E-state index < -0.39 is 11.6 Å². The van der Waals surface area contributed by atoms with E-state index >= 15 is 0 Å². The fraction of sp³-hybridized carbons (Fsp3) is 0.467. The Hall–Kier alpha value is -1.55. The largest absolute Gasteiger partial charge is 0.340 e. The van der Waals surface area contributed by atoms with Crippen molar-refractivity contribution < 1.29 is 9.59 Å². The van der Waals surface area contributed by atoms with E-state index in [0.717, 1.165) is 5.56 Å². The van der Waals surface area contributed by atoms with Crippen LogP contribution < -0.4 is 5.32 Å². The van der Waals surface area contributed by atoms with Crippen LogP contribution in [0.4, 0.5) is 0 Å². The highest BCUT2D eigenvalue weighted by molar-refractivity contribution is 6.30. The summed E-state index contributed by atoms with van der Waals surface area (Å²) in [4.78, 5) is 26.2. The normalized spacial score (nSPS) is 23.4. The van der Waals surface area contributed by atoms with Crippen LogP contribution in [-0.4, -0.2) is 28.3 Å². The van der Waals surface area contributed by atoms with Crippen LogP contribution in [0.15, 0.2) is 24.3 Å². The molecule has 20 heavy (non-hydrogen) atoms. The number of amides is 2. The van der Waals surface area contributed by atoms with Gasteiger partial charge in [-0.15, -0.1) is 0 Å². The van der Waals surface area contributed by atoms with Crippen LogP contribution >= 0.6 is 11.6 Å². The average molecular weight is 295 g/mol. The molecule has 5 heteroatoms. The molecule has 0 saturated carbocycles. The maximum atomic E-state index is 12.6. The van der Waals surface area contributed by atoms with E-state index in [9.17, 15) is 9.59 Å². The Bertz CT molecular complexity index is 539. The highest BCUT2D eigenvalue weighted by atomic mass is 35.5. The SMILES string of the molecule is CC1C(=O)NC(C)(C)C(=O)N1C(C)c1ccc(Cl)cc1. The van der Waals surface area contributed by atoms with Gasteiger partial charge in [0.2, 0.25) is 11.8 Å². The molecular formula is C15H19ClN2O2. The van der Waals surface area contributed by atoms with Crippen LogP contribution in [0.25, 0.3) is 0 Å². The zero-order valence-corrected chi connectivity index (χ0v) is 12.9. The van der Waals surface area contributed by atoms with Crippen LogP contribution in [0.2, 0.25) is 5.02 Å². The number of carbonyl (C=O) groups excluding carboxylic acids is 2. The van der Waals surface area contributed by atoms with Crippen LogP contribution in [0.5, 0.6) is 0 Å². The van der Waals surface area contributed by atoms with Gasteiger partial charge in [-0.3, -0.25) is 9.59 Å². The van der Waals surface area contributed by atoms with Crippen LogP contribution in [0.3, 0.4) is 0 Å². The van der Waals surface area contributed by atoms with Gasteiger partial charge in [0.25, 0.3) is 0 Å². The third-order valence-electron chi connectivity index (χ3n) is 3.77. The molecule has 0 bridgehead atoms. The van der Waals surface area contributed by atoms with Crippen molar-refractivity contribution in [1.82, 2.24) is 10.2 Å². The molecule has 1 fully saturated rings. The summed E-state index contributed by atoms with van der Waals surface area (Å²) in [7, 11) is 0. The number of hydrogen-bond acceptors (Lipinski definition) is 2. The third-order valence-corrected chi connectivity index (χ3v) is 4.02. The first-order valence-corrected chi connectivity index (χ1v) is 7.02. The minimum absolute atomic E-state index is 0.0768. The van der Waals surface area contributed by atoms with Gasteiger partial charge in [0.05, 0.1) is 6.04 Å². The van der Waals surface area contributed by atoms with Crippen LogP contribution in [0, 0.1) is 0 Å². The Kier molecular flexibility index (Phi) is 3.78. The highest BCUT2D eigenvalue weighted by Crippen LogP contribution is 2.29. The number of piperazine rings is 1. The van der Waals surface area contributed by atoms with Gasteiger partial charge in [0, 0.05) is 5.02 Å². The average Bonchev–Trinajstić information content (AvgIpc) is 2.37. The fourth-order valence-electron chi connectivity index (χ4n) is 2.50. The number of nitrogens with zero attached hydrogens (tertiary/aromatic N) is 1. The smallest absolute Gasteiger partial charge is 0.248 e. The van der Waals surface area contributed by atoms with Gasteiger partial charge >= 0.3 is 0 Å². The third kappa shape index (κ3) is 2.52. The minimum atomic E-state index is -0.871. The molecule has 1 aromatic rings. The lowest BCUT2D eigenvalue weighted by Crippen LogP contribution is -2.67. The number of rotatable bonds is 2. The van der Waals surface area contributed by atoms with Crippen LogP contribution in [0.1, 0.15) is 39.3 Å². The van der Waals surface area contributed by atoms with E-state index in [-0.39, 0.29) is 17.9 Å². The Labute approximate surface area is 124 Å². The van der Waals surface area contributed by atoms with Gasteiger partial charge in [-0.2, -0.15) is 0 Å². The summed E-state index contributed by atoms with van der Waals surface area (Å²) in [6.45, 7) is 7.11. The van der Waals surface area contributed by atoms with Crippen molar-refractivity contribution in [3.8, 4) is 0 Å². The molecule has 2 atom stereocenters. The maximum Gasteiger partial charge on any atom is 0.248 e. The molecular weight excluding hydrogens is 276 g/mol. The van der Waals surface area contributed by atoms with E-state index in [1.165, 1.54) is 0 Å². The minimum Gasteiger partial charge on any atom is -0.340 e. The van der Waals surface area contributed by atoms with Crippen molar-refractivity contribution >= 4 is 23.4 Å². The molecule has 2 unspecified atom stereocenters. The van der Waals surface area contributed by atoms with Crippen molar-refractivity contribution in [1.29, 1.82) is 0 Å². The van der Waals surface area contributed by atoms with Crippen LogP contribution in [-0.2, 0) is 9.59 Å². The molecule has 0 aliphatic carbocycles. The topological polar surface area (TPSA) is 49.4 Å². The number of hydrogen-bond donors (Lipinski definition) is 1. The van der Waals surface area contributed by atoms with E-state index in [0.29, 0.717) is 5.02 Å². The summed E-state index contributed by atoms with van der Waals surface area (Å²) in [5, 5.41) is 3.40. The molecule has 1 heterocycles. The van der Waals surface area contributed by atoms with Crippen molar-refractivity contribution in [3.63, 3.8) is 0 Å². The quantitative estimate of drug-likeness (QED) is 0.911. The molecule has 108 valence electrons. The molecule has 0 aromatic heterocycles. The van der Waals surface area contributed by atoms with Gasteiger partial charge in [0.15, 0.2) is 0 Å². The molecule has 4 nitrogen and oxygen atoms in total. The van der Waals surface area contributed by atoms with Gasteiger partial charge in [0.1, 0.15) is 11.6 Å². The molecule has 0 radical (unpaired) electrons. The maximum absolute atomic E-state index is 12.6. The Balaban J connectivity index is 2.35. The zero-order valence-electron chi connectivity index (χ0n) is 12.1. The van der Waals surface area contributed by atoms with Crippen molar-refractivity contribution in [2.45, 2.75) is 45.3 Å². The Morgan fingerprint density at radius 2 is 1.80 bits per heavy atom. The molecule has 1 saturated heterocycles. The van der Waals surface area contributed by atoms with Gasteiger partial charge < -0.3 is 10.2 Å². The van der Waals surface area contributed by atoms with E-state index in [1.54, 1.807) is 37.8 Å². The van der Waals surface area contributed by atoms with E-state index in [2.05, 4.69) is 5.32 Å². The summed E-state index contributed by atoms with van der Waals surface area (Å²) in [6, 6.07) is 6.68. The second-order valence-electron chi connectivity index (χ2n) is 5.73. The van der Waals surface area contributed by atoms with Gasteiger partial charge in [-0.25, -0.2) is 0 Å². The van der Waals surface area contributed by atoms with E-state index in [4.69, 9.17) is 11.6 Å². The summed E-state index contributed by atoms with van der Waals surface area (Å²) in [5.41, 5.74) is 0.0877. The summed E-state index contributed by atoms with van der Waals surface area (Å²) >= 11 is 5.88. The van der Waals surface area contributed by atoms with E-state index in [1.807, 2.05) is 19.1 Å². The lowest BCUT2D eigenvalue weighted by Gasteiger charge is -2.44. The number of benzene rings is 1. The first kappa shape index (κ1) is 14.9. The zero-order chi connectivity index (χ0) is 15.1. The Morgan fingerprint density at radius 1 is 1.25 bits per heavy atom. The lowest BCUT2D eigenvalue weighted by atomic mass is 9.94. The number of carbonyl (C=O) groups is 2. The number of nitrogens with one attached hydrogen (secondary N) is 1. The van der Waals surface area contributed by atoms with Gasteiger partial charge in [-0.05, 0) is 45.4 Å². The first-order valence-electron chi connectivity index (χ1n) is 6.64. The highest BCUT2D eigenvalue weighted by Gasteiger charge is 2.45. The van der Waals surface area contributed by atoms with Crippen molar-refractivity contribution in [2.75, 3.05) is 0 Å². The number of halogens is 1. The monoisotopic (exact) mass is 294 g/mol. The Morgan fingerprint density at radius 3 is 2.35 bits per heavy atom. The lowest BCUT2D eigenvalue weighted by molar-refractivity contribution is -0.155. The molecule has 1 N–H and O–H groups in total. The summed E-state index contributed by atoms with van der Waals surface area (Å²) < 4.78 is 0. The molecule has 1 aliphatic rings. The predicted molar refractivity (Wildman–Crippen MR) is 78.4 cm³/mol. The first-order chi connectivity index (χ1) is 9.24.